The van der Waals surface area contributed by atoms with Crippen LogP contribution in [0.5, 0.6) is 11.5 Å². The first-order valence-electron chi connectivity index (χ1n) is 7.79. The van der Waals surface area contributed by atoms with E-state index in [1.807, 2.05) is 0 Å². The Hall–Kier alpha value is -3.10. The minimum absolute atomic E-state index is 0.0819. The van der Waals surface area contributed by atoms with Crippen LogP contribution >= 0.6 is 11.8 Å². The van der Waals surface area contributed by atoms with Gasteiger partial charge in [0.1, 0.15) is 5.82 Å². The first-order chi connectivity index (χ1) is 12.6. The predicted octanol–water partition coefficient (Wildman–Crippen LogP) is 2.20. The lowest BCUT2D eigenvalue weighted by molar-refractivity contribution is -0.127. The number of ether oxygens (including phenoxy) is 2. The highest BCUT2D eigenvalue weighted by atomic mass is 32.2. The van der Waals surface area contributed by atoms with Crippen LogP contribution in [0.3, 0.4) is 0 Å². The smallest absolute Gasteiger partial charge is 0.233 e. The molecule has 0 radical (unpaired) electrons. The minimum Gasteiger partial charge on any atom is -0.493 e. The second-order valence-electron chi connectivity index (χ2n) is 5.62. The van der Waals surface area contributed by atoms with E-state index >= 15 is 0 Å². The molecule has 1 fully saturated rings. The van der Waals surface area contributed by atoms with E-state index < -0.39 is 5.92 Å². The van der Waals surface area contributed by atoms with Crippen molar-refractivity contribution in [1.82, 2.24) is 4.90 Å². The van der Waals surface area contributed by atoms with E-state index in [-0.39, 0.29) is 17.3 Å². The van der Waals surface area contributed by atoms with Crippen molar-refractivity contribution in [2.75, 3.05) is 20.0 Å². The zero-order valence-electron chi connectivity index (χ0n) is 14.3. The van der Waals surface area contributed by atoms with E-state index in [2.05, 4.69) is 12.1 Å². The minimum atomic E-state index is -0.658. The number of rotatable bonds is 3. The Balaban J connectivity index is 2.22. The number of nitriles is 2. The van der Waals surface area contributed by atoms with Crippen LogP contribution in [0, 0.1) is 22.7 Å². The van der Waals surface area contributed by atoms with Gasteiger partial charge in [0.25, 0.3) is 0 Å². The zero-order valence-corrected chi connectivity index (χ0v) is 15.1. The molecule has 2 aliphatic heterocycles. The van der Waals surface area contributed by atoms with Gasteiger partial charge >= 0.3 is 0 Å². The summed E-state index contributed by atoms with van der Waals surface area (Å²) in [5.74, 6) is 0.815. The van der Waals surface area contributed by atoms with Gasteiger partial charge in [0.05, 0.1) is 48.5 Å². The molecule has 1 saturated heterocycles. The normalized spacial score (nSPS) is 19.6. The van der Waals surface area contributed by atoms with Crippen molar-refractivity contribution in [2.45, 2.75) is 12.3 Å². The summed E-state index contributed by atoms with van der Waals surface area (Å²) in [6.45, 7) is 0. The van der Waals surface area contributed by atoms with Gasteiger partial charge in [-0.3, -0.25) is 9.69 Å². The summed E-state index contributed by atoms with van der Waals surface area (Å²) in [5.41, 5.74) is 7.33. The Bertz CT molecular complexity index is 923. The zero-order chi connectivity index (χ0) is 18.8. The molecule has 1 atom stereocenters. The molecule has 1 aromatic carbocycles. The van der Waals surface area contributed by atoms with Crippen molar-refractivity contribution in [3.8, 4) is 23.6 Å². The van der Waals surface area contributed by atoms with Gasteiger partial charge in [-0.2, -0.15) is 10.5 Å². The maximum atomic E-state index is 12.3. The van der Waals surface area contributed by atoms with E-state index in [4.69, 9.17) is 15.2 Å². The van der Waals surface area contributed by atoms with Crippen molar-refractivity contribution in [3.05, 3.63) is 45.8 Å². The first-order valence-corrected chi connectivity index (χ1v) is 8.77. The van der Waals surface area contributed by atoms with Crippen LogP contribution in [0.1, 0.15) is 17.9 Å². The van der Waals surface area contributed by atoms with Gasteiger partial charge in [-0.25, -0.2) is 0 Å². The Morgan fingerprint density at radius 1 is 1.19 bits per heavy atom. The van der Waals surface area contributed by atoms with Crippen LogP contribution in [0.25, 0.3) is 0 Å². The lowest BCUT2D eigenvalue weighted by atomic mass is 9.83. The highest BCUT2D eigenvalue weighted by Gasteiger charge is 2.40. The molecule has 0 bridgehead atoms. The van der Waals surface area contributed by atoms with Crippen LogP contribution in [0.4, 0.5) is 0 Å². The molecule has 0 aromatic heterocycles. The van der Waals surface area contributed by atoms with Gasteiger partial charge in [0.2, 0.25) is 5.91 Å². The van der Waals surface area contributed by atoms with Crippen LogP contribution in [-0.2, 0) is 4.79 Å². The maximum Gasteiger partial charge on any atom is 0.233 e. The number of allylic oxidation sites excluding steroid dienone is 2. The molecule has 7 nitrogen and oxygen atoms in total. The number of nitrogens with two attached hydrogens (primary N) is 1. The molecule has 2 N–H and O–H groups in total. The van der Waals surface area contributed by atoms with Crippen molar-refractivity contribution < 1.29 is 14.3 Å². The number of carbonyl (C=O) groups excluding carboxylic acids is 1. The quantitative estimate of drug-likeness (QED) is 0.870. The average molecular weight is 368 g/mol. The Morgan fingerprint density at radius 2 is 1.88 bits per heavy atom. The standard InChI is InChI=1S/C18H16N4O3S/c1-24-13-4-3-10(7-14(13)25-2)16-11(8-19)17(21)22-15(23)5-6-26-18(22)12(16)9-20/h3-4,7,16H,5-6,21H2,1-2H3. The summed E-state index contributed by atoms with van der Waals surface area (Å²) < 4.78 is 10.6. The Kier molecular flexibility index (Phi) is 4.79. The molecule has 1 aromatic rings. The molecule has 26 heavy (non-hydrogen) atoms. The third-order valence-electron chi connectivity index (χ3n) is 4.31. The molecule has 8 heteroatoms. The molecule has 0 aliphatic carbocycles. The van der Waals surface area contributed by atoms with E-state index in [9.17, 15) is 15.3 Å². The van der Waals surface area contributed by atoms with E-state index in [0.717, 1.165) is 0 Å². The number of fused-ring (bicyclic) bond motifs is 1. The van der Waals surface area contributed by atoms with Gasteiger partial charge < -0.3 is 15.2 Å². The molecule has 0 saturated carbocycles. The summed E-state index contributed by atoms with van der Waals surface area (Å²) in [6.07, 6.45) is 0.313. The van der Waals surface area contributed by atoms with Crippen LogP contribution in [0.2, 0.25) is 0 Å². The molecular formula is C18H16N4O3S. The molecule has 0 spiro atoms. The lowest BCUT2D eigenvalue weighted by Crippen LogP contribution is -2.40. The van der Waals surface area contributed by atoms with Gasteiger partial charge in [0.15, 0.2) is 11.5 Å². The monoisotopic (exact) mass is 368 g/mol. The number of amides is 1. The fourth-order valence-electron chi connectivity index (χ4n) is 3.10. The Labute approximate surface area is 155 Å². The summed E-state index contributed by atoms with van der Waals surface area (Å²) in [4.78, 5) is 13.6. The molecule has 3 rings (SSSR count). The summed E-state index contributed by atoms with van der Waals surface area (Å²) in [7, 11) is 3.04. The van der Waals surface area contributed by atoms with E-state index in [1.165, 1.54) is 30.9 Å². The van der Waals surface area contributed by atoms with Crippen LogP contribution < -0.4 is 15.2 Å². The van der Waals surface area contributed by atoms with Crippen molar-refractivity contribution in [2.24, 2.45) is 5.73 Å². The predicted molar refractivity (Wildman–Crippen MR) is 95.7 cm³/mol. The number of methoxy groups -OCH3 is 2. The largest absolute Gasteiger partial charge is 0.493 e. The summed E-state index contributed by atoms with van der Waals surface area (Å²) >= 11 is 1.40. The van der Waals surface area contributed by atoms with Crippen molar-refractivity contribution in [1.29, 1.82) is 10.5 Å². The SMILES string of the molecule is COc1ccc(C2C(C#N)=C(N)N3C(=O)CCSC3=C2C#N)cc1OC. The Morgan fingerprint density at radius 3 is 2.50 bits per heavy atom. The van der Waals surface area contributed by atoms with Gasteiger partial charge in [-0.1, -0.05) is 6.07 Å². The number of hydrogen-bond acceptors (Lipinski definition) is 7. The molecule has 1 unspecified atom stereocenters. The summed E-state index contributed by atoms with van der Waals surface area (Å²) in [5, 5.41) is 20.0. The number of thioether (sulfide) groups is 1. The van der Waals surface area contributed by atoms with Crippen molar-refractivity contribution in [3.63, 3.8) is 0 Å². The van der Waals surface area contributed by atoms with Crippen LogP contribution in [-0.4, -0.2) is 30.8 Å². The average Bonchev–Trinajstić information content (AvgIpc) is 2.67. The maximum absolute atomic E-state index is 12.3. The van der Waals surface area contributed by atoms with Gasteiger partial charge in [-0.05, 0) is 17.7 Å². The first kappa shape index (κ1) is 17.7. The molecule has 1 amide bonds. The van der Waals surface area contributed by atoms with Gasteiger partial charge in [-0.15, -0.1) is 11.8 Å². The van der Waals surface area contributed by atoms with E-state index in [0.29, 0.717) is 39.8 Å². The second kappa shape index (κ2) is 7.03. The van der Waals surface area contributed by atoms with Gasteiger partial charge in [0, 0.05) is 12.2 Å². The third kappa shape index (κ3) is 2.65. The fraction of sp³-hybridized carbons (Fsp3) is 0.278. The fourth-order valence-corrected chi connectivity index (χ4v) is 4.22. The molecular weight excluding hydrogens is 352 g/mol. The molecule has 2 aliphatic rings. The number of nitrogens with zero attached hydrogens (tertiary/aromatic N) is 3. The van der Waals surface area contributed by atoms with E-state index in [1.54, 1.807) is 18.2 Å². The van der Waals surface area contributed by atoms with Crippen molar-refractivity contribution >= 4 is 17.7 Å². The molecule has 132 valence electrons. The molecule has 2 heterocycles. The number of hydrogen-bond donors (Lipinski definition) is 1. The van der Waals surface area contributed by atoms with Crippen LogP contribution in [0.15, 0.2) is 40.2 Å². The third-order valence-corrected chi connectivity index (χ3v) is 5.40. The summed E-state index contributed by atoms with van der Waals surface area (Å²) in [6, 6.07) is 9.45. The number of carbonyl (C=O) groups is 1. The highest BCUT2D eigenvalue weighted by Crippen LogP contribution is 2.46. The highest BCUT2D eigenvalue weighted by molar-refractivity contribution is 8.03. The number of benzene rings is 1. The second-order valence-corrected chi connectivity index (χ2v) is 6.70. The lowest BCUT2D eigenvalue weighted by Gasteiger charge is -2.36. The topological polar surface area (TPSA) is 112 Å².